The van der Waals surface area contributed by atoms with Gasteiger partial charge >= 0.3 is 0 Å². The van der Waals surface area contributed by atoms with Crippen LogP contribution in [0, 0.1) is 23.7 Å². The molecule has 7 heteroatoms. The third kappa shape index (κ3) is 8.07. The average molecular weight is 499 g/mol. The van der Waals surface area contributed by atoms with Crippen LogP contribution in [-0.2, 0) is 23.7 Å². The van der Waals surface area contributed by atoms with E-state index in [4.69, 9.17) is 23.7 Å². The van der Waals surface area contributed by atoms with E-state index >= 15 is 0 Å². The maximum Gasteiger partial charge on any atom is 0.202 e. The first-order valence-electron chi connectivity index (χ1n) is 13.2. The molecule has 0 amide bonds. The summed E-state index contributed by atoms with van der Waals surface area (Å²) in [6, 6.07) is 9.61. The first kappa shape index (κ1) is 26.7. The summed E-state index contributed by atoms with van der Waals surface area (Å²) in [5, 5.41) is 10.8. The number of hydrogen-bond acceptors (Lipinski definition) is 7. The van der Waals surface area contributed by atoms with Crippen LogP contribution in [0.4, 0.5) is 0 Å². The largest absolute Gasteiger partial charge is 0.486 e. The summed E-state index contributed by atoms with van der Waals surface area (Å²) in [6.07, 6.45) is 7.44. The quantitative estimate of drug-likeness (QED) is 0.307. The van der Waals surface area contributed by atoms with E-state index < -0.39 is 6.10 Å². The Kier molecular flexibility index (Phi) is 10.2. The van der Waals surface area contributed by atoms with Crippen LogP contribution in [0.5, 0.6) is 5.75 Å². The molecule has 1 N–H and O–H groups in total. The van der Waals surface area contributed by atoms with Gasteiger partial charge in [-0.1, -0.05) is 24.1 Å². The standard InChI is InChI=1S/C29H38O7/c1-21(30)13-15-24-25(27(19-26(24)31)36-29-12-6-8-18-33-29)16-14-23(35-28-11-5-7-17-32-28)20-34-22-9-3-2-4-10-22/h2-4,9-10,14,24-29,31H,5-8,11-12,16-20H2,1H3/b23-14-. The first-order chi connectivity index (χ1) is 17.6. The lowest BCUT2D eigenvalue weighted by atomic mass is 9.90. The fourth-order valence-corrected chi connectivity index (χ4v) is 4.99. The number of hydrogen-bond donors (Lipinski definition) is 1. The molecular formula is C29H38O7. The molecule has 1 aromatic rings. The van der Waals surface area contributed by atoms with Crippen LogP contribution in [0.25, 0.3) is 0 Å². The normalized spacial score (nSPS) is 30.8. The van der Waals surface area contributed by atoms with Crippen LogP contribution < -0.4 is 4.74 Å². The molecule has 36 heavy (non-hydrogen) atoms. The lowest BCUT2D eigenvalue weighted by Gasteiger charge is -2.29. The van der Waals surface area contributed by atoms with Crippen molar-refractivity contribution in [2.75, 3.05) is 19.8 Å². The van der Waals surface area contributed by atoms with Gasteiger partial charge in [-0.15, -0.1) is 0 Å². The van der Waals surface area contributed by atoms with Gasteiger partial charge in [0.1, 0.15) is 18.1 Å². The minimum Gasteiger partial charge on any atom is -0.486 e. The number of benzene rings is 1. The van der Waals surface area contributed by atoms with Crippen LogP contribution in [-0.4, -0.2) is 55.5 Å². The molecule has 1 aromatic carbocycles. The Bertz CT molecular complexity index is 907. The predicted octanol–water partition coefficient (Wildman–Crippen LogP) is 4.38. The lowest BCUT2D eigenvalue weighted by molar-refractivity contribution is -0.195. The third-order valence-corrected chi connectivity index (χ3v) is 6.87. The number of carbonyl (C=O) groups is 1. The van der Waals surface area contributed by atoms with E-state index in [-0.39, 0.29) is 42.9 Å². The molecule has 2 saturated heterocycles. The summed E-state index contributed by atoms with van der Waals surface area (Å²) in [5.74, 6) is 6.39. The number of aliphatic hydroxyl groups is 1. The van der Waals surface area contributed by atoms with Gasteiger partial charge < -0.3 is 28.8 Å². The topological polar surface area (TPSA) is 83.5 Å². The van der Waals surface area contributed by atoms with Crippen molar-refractivity contribution in [3.05, 3.63) is 42.2 Å². The SMILES string of the molecule is CC(=O)C#CC1C(O)CC(OC2CCCCO2)C1C/C=C(/COc1ccccc1)OC1CCCCO1. The van der Waals surface area contributed by atoms with Gasteiger partial charge in [0.05, 0.1) is 24.7 Å². The molecule has 6 unspecified atom stereocenters. The molecule has 2 heterocycles. The van der Waals surface area contributed by atoms with Crippen molar-refractivity contribution in [1.82, 2.24) is 0 Å². The summed E-state index contributed by atoms with van der Waals surface area (Å²) < 4.78 is 30.1. The Balaban J connectivity index is 1.50. The van der Waals surface area contributed by atoms with Gasteiger partial charge in [-0.3, -0.25) is 4.79 Å². The second-order valence-corrected chi connectivity index (χ2v) is 9.71. The molecule has 0 spiro atoms. The van der Waals surface area contributed by atoms with Crippen LogP contribution in [0.15, 0.2) is 42.2 Å². The fraction of sp³-hybridized carbons (Fsp3) is 0.621. The molecule has 7 nitrogen and oxygen atoms in total. The van der Waals surface area contributed by atoms with E-state index in [0.717, 1.165) is 44.3 Å². The summed E-state index contributed by atoms with van der Waals surface area (Å²) in [6.45, 7) is 3.07. The number of aliphatic hydroxyl groups excluding tert-OH is 1. The predicted molar refractivity (Wildman–Crippen MR) is 134 cm³/mol. The summed E-state index contributed by atoms with van der Waals surface area (Å²) in [5.41, 5.74) is 0. The molecule has 6 atom stereocenters. The highest BCUT2D eigenvalue weighted by molar-refractivity contribution is 5.93. The Morgan fingerprint density at radius 1 is 1.08 bits per heavy atom. The van der Waals surface area contributed by atoms with Crippen molar-refractivity contribution in [2.24, 2.45) is 11.8 Å². The second-order valence-electron chi connectivity index (χ2n) is 9.71. The number of Topliss-reactive ketones (excluding diaryl/α,β-unsaturated/α-hetero) is 1. The molecule has 0 aromatic heterocycles. The van der Waals surface area contributed by atoms with Gasteiger partial charge in [0.25, 0.3) is 0 Å². The molecule has 0 radical (unpaired) electrons. The van der Waals surface area contributed by atoms with Crippen LogP contribution in [0.1, 0.15) is 58.3 Å². The monoisotopic (exact) mass is 498 g/mol. The molecule has 196 valence electrons. The van der Waals surface area contributed by atoms with E-state index in [2.05, 4.69) is 11.8 Å². The maximum atomic E-state index is 11.6. The van der Waals surface area contributed by atoms with Crippen molar-refractivity contribution in [3.8, 4) is 17.6 Å². The van der Waals surface area contributed by atoms with E-state index in [0.29, 0.717) is 31.8 Å². The number of carbonyl (C=O) groups excluding carboxylic acids is 1. The van der Waals surface area contributed by atoms with Crippen LogP contribution in [0.3, 0.4) is 0 Å². The zero-order valence-electron chi connectivity index (χ0n) is 21.1. The van der Waals surface area contributed by atoms with Crippen molar-refractivity contribution in [3.63, 3.8) is 0 Å². The Morgan fingerprint density at radius 3 is 2.47 bits per heavy atom. The lowest BCUT2D eigenvalue weighted by Crippen LogP contribution is -2.31. The fourth-order valence-electron chi connectivity index (χ4n) is 4.99. The molecule has 0 bridgehead atoms. The summed E-state index contributed by atoms with van der Waals surface area (Å²) in [7, 11) is 0. The van der Waals surface area contributed by atoms with Crippen LogP contribution >= 0.6 is 0 Å². The van der Waals surface area contributed by atoms with Gasteiger partial charge in [0, 0.05) is 32.3 Å². The number of allylic oxidation sites excluding steroid dienone is 1. The molecule has 1 aliphatic carbocycles. The minimum absolute atomic E-state index is 0.111. The van der Waals surface area contributed by atoms with Gasteiger partial charge in [-0.2, -0.15) is 0 Å². The summed E-state index contributed by atoms with van der Waals surface area (Å²) in [4.78, 5) is 11.6. The minimum atomic E-state index is -0.671. The van der Waals surface area contributed by atoms with E-state index in [1.807, 2.05) is 36.4 Å². The molecule has 2 aliphatic heterocycles. The zero-order chi connectivity index (χ0) is 25.2. The number of ketones is 1. The van der Waals surface area contributed by atoms with Gasteiger partial charge in [-0.05, 0) is 62.7 Å². The number of ether oxygens (including phenoxy) is 5. The Labute approximate surface area is 214 Å². The van der Waals surface area contributed by atoms with Crippen LogP contribution in [0.2, 0.25) is 0 Å². The van der Waals surface area contributed by atoms with Crippen molar-refractivity contribution in [1.29, 1.82) is 0 Å². The van der Waals surface area contributed by atoms with E-state index in [9.17, 15) is 9.90 Å². The molecular weight excluding hydrogens is 460 g/mol. The maximum absolute atomic E-state index is 11.6. The highest BCUT2D eigenvalue weighted by atomic mass is 16.7. The number of para-hydroxylation sites is 1. The Morgan fingerprint density at radius 2 is 1.81 bits per heavy atom. The Hall–Kier alpha value is -2.37. The van der Waals surface area contributed by atoms with E-state index in [1.165, 1.54) is 6.92 Å². The van der Waals surface area contributed by atoms with Crippen molar-refractivity contribution in [2.45, 2.75) is 83.1 Å². The molecule has 1 saturated carbocycles. The molecule has 3 aliphatic rings. The number of rotatable bonds is 9. The highest BCUT2D eigenvalue weighted by Crippen LogP contribution is 2.38. The van der Waals surface area contributed by atoms with E-state index in [1.54, 1.807) is 0 Å². The smallest absolute Gasteiger partial charge is 0.202 e. The van der Waals surface area contributed by atoms with Gasteiger partial charge in [0.2, 0.25) is 5.78 Å². The van der Waals surface area contributed by atoms with Crippen molar-refractivity contribution >= 4 is 5.78 Å². The molecule has 3 fully saturated rings. The summed E-state index contributed by atoms with van der Waals surface area (Å²) >= 11 is 0. The van der Waals surface area contributed by atoms with Gasteiger partial charge in [-0.25, -0.2) is 0 Å². The molecule has 4 rings (SSSR count). The second kappa shape index (κ2) is 13.8. The third-order valence-electron chi connectivity index (χ3n) is 6.87. The average Bonchev–Trinajstić information content (AvgIpc) is 3.19. The first-order valence-corrected chi connectivity index (χ1v) is 13.2. The zero-order valence-corrected chi connectivity index (χ0v) is 21.1. The highest BCUT2D eigenvalue weighted by Gasteiger charge is 2.43. The van der Waals surface area contributed by atoms with Gasteiger partial charge in [0.15, 0.2) is 12.6 Å². The van der Waals surface area contributed by atoms with Crippen molar-refractivity contribution < 1.29 is 33.6 Å².